The Morgan fingerprint density at radius 1 is 2.00 bits per heavy atom. The SMILES string of the molecule is [2H]c1ccsn1. The van der Waals surface area contributed by atoms with Gasteiger partial charge in [-0.25, -0.2) is 4.37 Å². The molecular formula is C3H3NS. The minimum absolute atomic E-state index is 0.361. The van der Waals surface area contributed by atoms with E-state index in [9.17, 15) is 0 Å². The average molecular weight is 86.1 g/mol. The average Bonchev–Trinajstić information content (AvgIpc) is 1.86. The molecule has 1 nitrogen and oxygen atoms in total. The molecule has 0 aliphatic carbocycles. The van der Waals surface area contributed by atoms with Gasteiger partial charge in [0.15, 0.2) is 0 Å². The monoisotopic (exact) mass is 86.0 g/mol. The predicted molar refractivity (Wildman–Crippen MR) is 22.1 cm³/mol. The maximum absolute atomic E-state index is 6.77. The fourth-order valence-electron chi connectivity index (χ4n) is 0.152. The van der Waals surface area contributed by atoms with Crippen LogP contribution in [0.3, 0.4) is 0 Å². The van der Waals surface area contributed by atoms with Gasteiger partial charge in [0.25, 0.3) is 0 Å². The van der Waals surface area contributed by atoms with Crippen LogP contribution in [-0.2, 0) is 0 Å². The zero-order chi connectivity index (χ0) is 4.41. The summed E-state index contributed by atoms with van der Waals surface area (Å²) in [6.07, 6.45) is 0.361. The molecule has 0 aliphatic heterocycles. The Labute approximate surface area is 35.8 Å². The summed E-state index contributed by atoms with van der Waals surface area (Å²) in [6, 6.07) is 1.66. The molecule has 1 aromatic rings. The molecule has 0 saturated heterocycles. The maximum Gasteiger partial charge on any atom is 0.0851 e. The van der Waals surface area contributed by atoms with Crippen molar-refractivity contribution in [2.45, 2.75) is 0 Å². The predicted octanol–water partition coefficient (Wildman–Crippen LogP) is 1.14. The highest BCUT2D eigenvalue weighted by Gasteiger charge is 1.59. The van der Waals surface area contributed by atoms with Gasteiger partial charge in [0, 0.05) is 11.6 Å². The van der Waals surface area contributed by atoms with Crippen LogP contribution in [0.25, 0.3) is 0 Å². The smallest absolute Gasteiger partial charge is 0.0851 e. The third-order valence-corrected chi connectivity index (χ3v) is 0.777. The first kappa shape index (κ1) is 1.92. The lowest BCUT2D eigenvalue weighted by molar-refractivity contribution is 1.58. The van der Waals surface area contributed by atoms with Crippen molar-refractivity contribution in [3.05, 3.63) is 17.6 Å². The van der Waals surface area contributed by atoms with Gasteiger partial charge in [-0.3, -0.25) is 0 Å². The molecule has 0 saturated carbocycles. The highest BCUT2D eigenvalue weighted by atomic mass is 32.1. The van der Waals surface area contributed by atoms with Gasteiger partial charge in [-0.05, 0) is 17.6 Å². The minimum Gasteiger partial charge on any atom is -0.201 e. The Balaban J connectivity index is 3.05. The summed E-state index contributed by atoms with van der Waals surface area (Å²) in [5, 5.41) is 1.78. The van der Waals surface area contributed by atoms with Crippen LogP contribution in [0.2, 0.25) is 0 Å². The number of nitrogens with zero attached hydrogens (tertiary/aromatic N) is 1. The van der Waals surface area contributed by atoms with Gasteiger partial charge in [-0.2, -0.15) is 0 Å². The van der Waals surface area contributed by atoms with Gasteiger partial charge in [0.1, 0.15) is 0 Å². The van der Waals surface area contributed by atoms with E-state index in [1.807, 2.05) is 0 Å². The first-order valence-electron chi connectivity index (χ1n) is 1.76. The van der Waals surface area contributed by atoms with Crippen LogP contribution in [0.15, 0.2) is 17.6 Å². The second-order valence-electron chi connectivity index (χ2n) is 0.629. The number of hydrogen-bond donors (Lipinski definition) is 0. The summed E-state index contributed by atoms with van der Waals surface area (Å²) in [6.45, 7) is 0. The van der Waals surface area contributed by atoms with E-state index in [4.69, 9.17) is 1.37 Å². The van der Waals surface area contributed by atoms with E-state index in [1.165, 1.54) is 11.5 Å². The van der Waals surface area contributed by atoms with Gasteiger partial charge >= 0.3 is 0 Å². The van der Waals surface area contributed by atoms with Crippen LogP contribution in [0.1, 0.15) is 1.37 Å². The molecule has 2 heteroatoms. The molecule has 0 fully saturated rings. The fraction of sp³-hybridized carbons (Fsp3) is 0. The zero-order valence-electron chi connectivity index (χ0n) is 3.51. The van der Waals surface area contributed by atoms with E-state index < -0.39 is 0 Å². The third-order valence-electron chi connectivity index (χ3n) is 0.309. The van der Waals surface area contributed by atoms with Gasteiger partial charge in [-0.1, -0.05) is 0 Å². The molecule has 0 amide bonds. The van der Waals surface area contributed by atoms with Gasteiger partial charge in [0.2, 0.25) is 0 Å². The Kier molecular flexibility index (Phi) is 0.451. The summed E-state index contributed by atoms with van der Waals surface area (Å²) in [5.41, 5.74) is 0. The van der Waals surface area contributed by atoms with Crippen LogP contribution in [0.5, 0.6) is 0 Å². The maximum atomic E-state index is 6.77. The van der Waals surface area contributed by atoms with Gasteiger partial charge in [0.05, 0.1) is 1.37 Å². The lowest BCUT2D eigenvalue weighted by Gasteiger charge is -1.41. The molecule has 0 aliphatic rings. The highest BCUT2D eigenvalue weighted by Crippen LogP contribution is 1.83. The number of rotatable bonds is 0. The number of hydrogen-bond acceptors (Lipinski definition) is 2. The Morgan fingerprint density at radius 2 is 3.00 bits per heavy atom. The first-order valence-corrected chi connectivity index (χ1v) is 2.10. The molecule has 0 unspecified atom stereocenters. The van der Waals surface area contributed by atoms with Crippen molar-refractivity contribution >= 4 is 11.5 Å². The molecule has 0 radical (unpaired) electrons. The minimum atomic E-state index is 0.361. The first-order chi connectivity index (χ1) is 2.89. The topological polar surface area (TPSA) is 12.9 Å². The molecule has 0 spiro atoms. The van der Waals surface area contributed by atoms with E-state index in [-0.39, 0.29) is 0 Å². The van der Waals surface area contributed by atoms with Gasteiger partial charge in [-0.15, -0.1) is 0 Å². The quantitative estimate of drug-likeness (QED) is 0.461. The normalized spacial score (nSPS) is 10.8. The van der Waals surface area contributed by atoms with Crippen molar-refractivity contribution in [1.29, 1.82) is 0 Å². The molecule has 1 rings (SSSR count). The van der Waals surface area contributed by atoms with Crippen LogP contribution < -0.4 is 0 Å². The third kappa shape index (κ3) is 0.450. The van der Waals surface area contributed by atoms with Gasteiger partial charge < -0.3 is 0 Å². The summed E-state index contributed by atoms with van der Waals surface area (Å²) < 4.78 is 10.4. The van der Waals surface area contributed by atoms with Crippen LogP contribution >= 0.6 is 11.5 Å². The van der Waals surface area contributed by atoms with Crippen molar-refractivity contribution < 1.29 is 1.37 Å². The Morgan fingerprint density at radius 3 is 3.20 bits per heavy atom. The van der Waals surface area contributed by atoms with Crippen molar-refractivity contribution in [1.82, 2.24) is 4.37 Å². The van der Waals surface area contributed by atoms with Crippen molar-refractivity contribution in [2.75, 3.05) is 0 Å². The van der Waals surface area contributed by atoms with Crippen LogP contribution in [0.4, 0.5) is 0 Å². The molecule has 5 heavy (non-hydrogen) atoms. The molecule has 1 heterocycles. The Hall–Kier alpha value is -0.370. The molecule has 0 bridgehead atoms. The molecule has 26 valence electrons. The largest absolute Gasteiger partial charge is 0.201 e. The summed E-state index contributed by atoms with van der Waals surface area (Å²) in [7, 11) is 0. The molecule has 0 atom stereocenters. The zero-order valence-corrected chi connectivity index (χ0v) is 3.33. The van der Waals surface area contributed by atoms with E-state index >= 15 is 0 Å². The summed E-state index contributed by atoms with van der Waals surface area (Å²) in [4.78, 5) is 0. The van der Waals surface area contributed by atoms with E-state index in [2.05, 4.69) is 4.37 Å². The lowest BCUT2D eigenvalue weighted by atomic mass is 10.8. The van der Waals surface area contributed by atoms with E-state index in [0.717, 1.165) is 0 Å². The van der Waals surface area contributed by atoms with Crippen molar-refractivity contribution in [3.63, 3.8) is 0 Å². The van der Waals surface area contributed by atoms with Crippen LogP contribution in [0, 0.1) is 0 Å². The molecule has 0 aromatic carbocycles. The lowest BCUT2D eigenvalue weighted by Crippen LogP contribution is -1.32. The van der Waals surface area contributed by atoms with Crippen molar-refractivity contribution in [3.8, 4) is 0 Å². The molecule has 1 aromatic heterocycles. The second kappa shape index (κ2) is 1.17. The highest BCUT2D eigenvalue weighted by molar-refractivity contribution is 7.03. The fourth-order valence-corrected chi connectivity index (χ4v) is 0.456. The van der Waals surface area contributed by atoms with Crippen LogP contribution in [-0.4, -0.2) is 4.37 Å². The molecule has 0 N–H and O–H groups in total. The van der Waals surface area contributed by atoms with Crippen molar-refractivity contribution in [2.24, 2.45) is 0 Å². The van der Waals surface area contributed by atoms with E-state index in [1.54, 1.807) is 11.4 Å². The summed E-state index contributed by atoms with van der Waals surface area (Å²) in [5.74, 6) is 0. The van der Waals surface area contributed by atoms with E-state index in [0.29, 0.717) is 6.17 Å². The molecular weight excluding hydrogens is 82.1 g/mol. The summed E-state index contributed by atoms with van der Waals surface area (Å²) >= 11 is 1.30. The second-order valence-corrected chi connectivity index (χ2v) is 1.29. The number of aromatic nitrogens is 1. The Bertz CT molecular complexity index is 114. The standard InChI is InChI=1S/C3H3NS/c1-2-4-5-3-1/h1-3H/i2D.